The molecule has 1 aromatic carbocycles. The van der Waals surface area contributed by atoms with Gasteiger partial charge in [0.05, 0.1) is 11.5 Å². The van der Waals surface area contributed by atoms with Gasteiger partial charge in [-0.2, -0.15) is 0 Å². The Hall–Kier alpha value is -1.88. The lowest BCUT2D eigenvalue weighted by atomic mass is 9.64. The van der Waals surface area contributed by atoms with Gasteiger partial charge in [-0.05, 0) is 56.1 Å². The number of nitrogens with one attached hydrogen (secondary N) is 1. The highest BCUT2D eigenvalue weighted by Gasteiger charge is 2.56. The standard InChI is InChI=1S/C27H38N2O3/c30-25(28-19-20-13-17-32-18-14-20)24-22-11-5-6-12-23(22)26(31)29(21-9-3-1-4-10-21)27(24)15-7-2-8-16-27/h5-6,11-12,20-21,24H,1-4,7-10,13-19H2,(H,28,30)/t24-/m0/s1. The molecule has 32 heavy (non-hydrogen) atoms. The molecule has 5 heteroatoms. The Morgan fingerprint density at radius 2 is 1.66 bits per heavy atom. The van der Waals surface area contributed by atoms with E-state index >= 15 is 0 Å². The van der Waals surface area contributed by atoms with Crippen molar-refractivity contribution < 1.29 is 14.3 Å². The molecule has 0 bridgehead atoms. The number of amides is 2. The highest BCUT2D eigenvalue weighted by atomic mass is 16.5. The van der Waals surface area contributed by atoms with Crippen molar-refractivity contribution in [2.24, 2.45) is 5.92 Å². The van der Waals surface area contributed by atoms with Crippen LogP contribution in [0.4, 0.5) is 0 Å². The van der Waals surface area contributed by atoms with Crippen LogP contribution in [0.2, 0.25) is 0 Å². The quantitative estimate of drug-likeness (QED) is 0.734. The Morgan fingerprint density at radius 3 is 2.41 bits per heavy atom. The zero-order chi connectivity index (χ0) is 22.0. The summed E-state index contributed by atoms with van der Waals surface area (Å²) in [6, 6.07) is 8.21. The van der Waals surface area contributed by atoms with Gasteiger partial charge in [-0.15, -0.1) is 0 Å². The smallest absolute Gasteiger partial charge is 0.254 e. The van der Waals surface area contributed by atoms with Crippen molar-refractivity contribution in [3.05, 3.63) is 35.4 Å². The second-order valence-electron chi connectivity index (χ2n) is 10.5. The summed E-state index contributed by atoms with van der Waals surface area (Å²) in [6.07, 6.45) is 13.1. The minimum absolute atomic E-state index is 0.124. The van der Waals surface area contributed by atoms with E-state index in [4.69, 9.17) is 4.74 Å². The van der Waals surface area contributed by atoms with E-state index in [9.17, 15) is 9.59 Å². The molecule has 4 aliphatic rings. The predicted octanol–water partition coefficient (Wildman–Crippen LogP) is 4.80. The van der Waals surface area contributed by atoms with Gasteiger partial charge in [0.2, 0.25) is 5.91 Å². The topological polar surface area (TPSA) is 58.6 Å². The number of nitrogens with zero attached hydrogens (tertiary/aromatic N) is 1. The van der Waals surface area contributed by atoms with Crippen molar-refractivity contribution >= 4 is 11.8 Å². The van der Waals surface area contributed by atoms with Crippen LogP contribution in [0, 0.1) is 5.92 Å². The lowest BCUT2D eigenvalue weighted by Gasteiger charge is -2.57. The fraction of sp³-hybridized carbons (Fsp3) is 0.704. The summed E-state index contributed by atoms with van der Waals surface area (Å²) < 4.78 is 5.50. The molecule has 1 atom stereocenters. The first-order valence-corrected chi connectivity index (χ1v) is 13.0. The summed E-state index contributed by atoms with van der Waals surface area (Å²) in [5.74, 6) is 0.519. The van der Waals surface area contributed by atoms with Gasteiger partial charge in [0.15, 0.2) is 0 Å². The Bertz CT molecular complexity index is 820. The molecule has 2 heterocycles. The average Bonchev–Trinajstić information content (AvgIpc) is 2.85. The van der Waals surface area contributed by atoms with Crippen molar-refractivity contribution in [1.29, 1.82) is 0 Å². The molecule has 5 rings (SSSR count). The molecule has 1 aromatic rings. The maximum atomic E-state index is 13.9. The number of fused-ring (bicyclic) bond motifs is 1. The molecule has 5 nitrogen and oxygen atoms in total. The van der Waals surface area contributed by atoms with Crippen LogP contribution in [-0.4, -0.2) is 48.1 Å². The van der Waals surface area contributed by atoms with E-state index in [0.717, 1.165) is 75.7 Å². The van der Waals surface area contributed by atoms with E-state index in [1.54, 1.807) is 0 Å². The van der Waals surface area contributed by atoms with Gasteiger partial charge in [-0.1, -0.05) is 56.7 Å². The largest absolute Gasteiger partial charge is 0.381 e. The summed E-state index contributed by atoms with van der Waals surface area (Å²) in [5, 5.41) is 3.34. The first kappa shape index (κ1) is 21.9. The maximum absolute atomic E-state index is 13.9. The van der Waals surface area contributed by atoms with Crippen LogP contribution in [0.25, 0.3) is 0 Å². The van der Waals surface area contributed by atoms with Crippen molar-refractivity contribution in [3.8, 4) is 0 Å². The van der Waals surface area contributed by atoms with Gasteiger partial charge in [0.1, 0.15) is 0 Å². The van der Waals surface area contributed by atoms with Crippen LogP contribution in [0.1, 0.15) is 98.9 Å². The summed E-state index contributed by atoms with van der Waals surface area (Å²) in [5.41, 5.74) is 1.34. The van der Waals surface area contributed by atoms with Crippen LogP contribution in [0.5, 0.6) is 0 Å². The highest BCUT2D eigenvalue weighted by Crippen LogP contribution is 2.51. The lowest BCUT2D eigenvalue weighted by Crippen LogP contribution is -2.65. The Labute approximate surface area is 192 Å². The first-order valence-electron chi connectivity index (χ1n) is 13.0. The van der Waals surface area contributed by atoms with Gasteiger partial charge < -0.3 is 15.0 Å². The van der Waals surface area contributed by atoms with Crippen molar-refractivity contribution in [1.82, 2.24) is 10.2 Å². The third-order valence-electron chi connectivity index (χ3n) is 8.57. The zero-order valence-electron chi connectivity index (χ0n) is 19.3. The second kappa shape index (κ2) is 9.54. The molecule has 0 aromatic heterocycles. The van der Waals surface area contributed by atoms with Crippen LogP contribution in [0.15, 0.2) is 24.3 Å². The first-order chi connectivity index (χ1) is 15.7. The van der Waals surface area contributed by atoms with Gasteiger partial charge in [0, 0.05) is 31.4 Å². The number of carbonyl (C=O) groups excluding carboxylic acids is 2. The van der Waals surface area contributed by atoms with E-state index in [-0.39, 0.29) is 29.3 Å². The molecule has 3 fully saturated rings. The third-order valence-corrected chi connectivity index (χ3v) is 8.57. The molecule has 2 aliphatic carbocycles. The molecule has 2 saturated carbocycles. The monoisotopic (exact) mass is 438 g/mol. The maximum Gasteiger partial charge on any atom is 0.254 e. The molecule has 174 valence electrons. The predicted molar refractivity (Wildman–Crippen MR) is 125 cm³/mol. The van der Waals surface area contributed by atoms with Gasteiger partial charge >= 0.3 is 0 Å². The SMILES string of the molecule is O=C(NCC1CCOCC1)[C@@H]1c2ccccc2C(=O)N(C2CCCCC2)C12CCCCC2. The minimum Gasteiger partial charge on any atom is -0.381 e. The summed E-state index contributed by atoms with van der Waals surface area (Å²) in [6.45, 7) is 2.30. The Morgan fingerprint density at radius 1 is 0.969 bits per heavy atom. The minimum atomic E-state index is -0.370. The van der Waals surface area contributed by atoms with E-state index in [1.165, 1.54) is 25.7 Å². The fourth-order valence-corrected chi connectivity index (χ4v) is 6.95. The Balaban J connectivity index is 1.51. The van der Waals surface area contributed by atoms with Gasteiger partial charge in [-0.25, -0.2) is 0 Å². The number of carbonyl (C=O) groups is 2. The molecule has 1 spiro atoms. The van der Waals surface area contributed by atoms with E-state index in [0.29, 0.717) is 12.5 Å². The van der Waals surface area contributed by atoms with E-state index in [2.05, 4.69) is 10.2 Å². The average molecular weight is 439 g/mol. The van der Waals surface area contributed by atoms with Crippen molar-refractivity contribution in [2.45, 2.75) is 94.5 Å². The van der Waals surface area contributed by atoms with Crippen molar-refractivity contribution in [2.75, 3.05) is 19.8 Å². The van der Waals surface area contributed by atoms with Crippen LogP contribution >= 0.6 is 0 Å². The summed E-state index contributed by atoms with van der Waals surface area (Å²) in [7, 11) is 0. The highest BCUT2D eigenvalue weighted by molar-refractivity contribution is 6.02. The van der Waals surface area contributed by atoms with Crippen molar-refractivity contribution in [3.63, 3.8) is 0 Å². The number of ether oxygens (including phenoxy) is 1. The van der Waals surface area contributed by atoms with Gasteiger partial charge in [0.25, 0.3) is 5.91 Å². The zero-order valence-corrected chi connectivity index (χ0v) is 19.3. The molecule has 2 aliphatic heterocycles. The summed E-state index contributed by atoms with van der Waals surface area (Å²) >= 11 is 0. The van der Waals surface area contributed by atoms with Crippen LogP contribution in [0.3, 0.4) is 0 Å². The summed E-state index contributed by atoms with van der Waals surface area (Å²) in [4.78, 5) is 30.1. The molecular formula is C27H38N2O3. The molecular weight excluding hydrogens is 400 g/mol. The number of hydrogen-bond donors (Lipinski definition) is 1. The lowest BCUT2D eigenvalue weighted by molar-refractivity contribution is -0.128. The molecule has 0 unspecified atom stereocenters. The molecule has 2 amide bonds. The number of rotatable bonds is 4. The number of hydrogen-bond acceptors (Lipinski definition) is 3. The third kappa shape index (κ3) is 3.98. The normalized spacial score (nSPS) is 26.7. The van der Waals surface area contributed by atoms with Gasteiger partial charge in [-0.3, -0.25) is 9.59 Å². The molecule has 1 N–H and O–H groups in total. The van der Waals surface area contributed by atoms with E-state index in [1.807, 2.05) is 24.3 Å². The Kier molecular flexibility index (Phi) is 6.54. The fourth-order valence-electron chi connectivity index (χ4n) is 6.95. The molecule has 1 saturated heterocycles. The van der Waals surface area contributed by atoms with E-state index < -0.39 is 0 Å². The number of benzene rings is 1. The molecule has 0 radical (unpaired) electrons. The van der Waals surface area contributed by atoms with Crippen LogP contribution < -0.4 is 5.32 Å². The second-order valence-corrected chi connectivity index (χ2v) is 10.5. The van der Waals surface area contributed by atoms with Crippen LogP contribution in [-0.2, 0) is 9.53 Å².